The van der Waals surface area contributed by atoms with Gasteiger partial charge in [0.15, 0.2) is 0 Å². The smallest absolute Gasteiger partial charge is 0.277 e. The maximum Gasteiger partial charge on any atom is 0.277 e. The lowest BCUT2D eigenvalue weighted by Gasteiger charge is -2.09. The van der Waals surface area contributed by atoms with Gasteiger partial charge in [0.05, 0.1) is 10.8 Å². The molecule has 0 saturated heterocycles. The van der Waals surface area contributed by atoms with Gasteiger partial charge >= 0.3 is 0 Å². The summed E-state index contributed by atoms with van der Waals surface area (Å²) in [6.45, 7) is 5.84. The second kappa shape index (κ2) is 9.25. The molecule has 31 heavy (non-hydrogen) atoms. The van der Waals surface area contributed by atoms with Crippen molar-refractivity contribution in [1.82, 2.24) is 10.2 Å². The molecule has 6 nitrogen and oxygen atoms in total. The van der Waals surface area contributed by atoms with E-state index in [2.05, 4.69) is 27.6 Å². The number of aromatic nitrogens is 2. The van der Waals surface area contributed by atoms with Gasteiger partial charge in [0, 0.05) is 10.4 Å². The molecule has 2 heterocycles. The highest BCUT2D eigenvalue weighted by atomic mass is 32.2. The fourth-order valence-electron chi connectivity index (χ4n) is 3.84. The van der Waals surface area contributed by atoms with Crippen LogP contribution in [0.5, 0.6) is 0 Å². The van der Waals surface area contributed by atoms with Gasteiger partial charge in [0.2, 0.25) is 11.8 Å². The summed E-state index contributed by atoms with van der Waals surface area (Å²) in [5.41, 5.74) is 4.86. The van der Waals surface area contributed by atoms with Gasteiger partial charge in [-0.3, -0.25) is 4.79 Å². The van der Waals surface area contributed by atoms with Crippen LogP contribution in [0.3, 0.4) is 0 Å². The largest absolute Gasteiger partial charge is 0.411 e. The van der Waals surface area contributed by atoms with Crippen LogP contribution in [0.1, 0.15) is 53.3 Å². The number of hydrogen-bond donors (Lipinski definition) is 1. The number of nitriles is 1. The molecule has 4 rings (SSSR count). The van der Waals surface area contributed by atoms with Crippen molar-refractivity contribution >= 4 is 34.0 Å². The maximum absolute atomic E-state index is 12.8. The maximum atomic E-state index is 12.8. The van der Waals surface area contributed by atoms with Crippen molar-refractivity contribution in [2.24, 2.45) is 0 Å². The van der Waals surface area contributed by atoms with Crippen LogP contribution in [0.15, 0.2) is 27.8 Å². The quantitative estimate of drug-likeness (QED) is 0.396. The minimum Gasteiger partial charge on any atom is -0.411 e. The monoisotopic (exact) mass is 452 g/mol. The lowest BCUT2D eigenvalue weighted by Crippen LogP contribution is -2.22. The molecule has 0 spiro atoms. The van der Waals surface area contributed by atoms with Gasteiger partial charge < -0.3 is 9.73 Å². The van der Waals surface area contributed by atoms with E-state index in [1.807, 2.05) is 26.0 Å². The zero-order chi connectivity index (χ0) is 22.0. The van der Waals surface area contributed by atoms with E-state index < -0.39 is 5.25 Å². The van der Waals surface area contributed by atoms with Crippen LogP contribution >= 0.6 is 23.1 Å². The molecule has 1 aliphatic rings. The predicted octanol–water partition coefficient (Wildman–Crippen LogP) is 5.67. The first-order chi connectivity index (χ1) is 14.9. The molecule has 160 valence electrons. The minimum atomic E-state index is -0.444. The number of aryl methyl sites for hydroxylation is 3. The Hall–Kier alpha value is -2.63. The van der Waals surface area contributed by atoms with Crippen molar-refractivity contribution in [3.05, 3.63) is 45.3 Å². The molecule has 3 aromatic rings. The summed E-state index contributed by atoms with van der Waals surface area (Å²) in [6, 6.07) is 8.38. The molecule has 0 fully saturated rings. The third-order valence-electron chi connectivity index (χ3n) is 5.29. The summed E-state index contributed by atoms with van der Waals surface area (Å²) in [5, 5.41) is 21.4. The zero-order valence-corrected chi connectivity index (χ0v) is 19.5. The van der Waals surface area contributed by atoms with Crippen LogP contribution in [0.4, 0.5) is 5.00 Å². The molecule has 1 N–H and O–H groups in total. The van der Waals surface area contributed by atoms with Crippen molar-refractivity contribution in [3.63, 3.8) is 0 Å². The Balaban J connectivity index is 1.45. The Bertz CT molecular complexity index is 1140. The van der Waals surface area contributed by atoms with E-state index in [1.54, 1.807) is 18.3 Å². The van der Waals surface area contributed by atoms with Crippen molar-refractivity contribution in [2.75, 3.05) is 5.32 Å². The number of carbonyl (C=O) groups is 1. The van der Waals surface area contributed by atoms with Crippen LogP contribution in [-0.4, -0.2) is 21.4 Å². The van der Waals surface area contributed by atoms with E-state index in [-0.39, 0.29) is 5.91 Å². The van der Waals surface area contributed by atoms with Crippen molar-refractivity contribution in [3.8, 4) is 17.5 Å². The summed E-state index contributed by atoms with van der Waals surface area (Å²) < 4.78 is 5.79. The molecule has 1 amide bonds. The first kappa shape index (κ1) is 21.6. The number of carbonyl (C=O) groups excluding carboxylic acids is 1. The van der Waals surface area contributed by atoms with Crippen LogP contribution in [0.25, 0.3) is 11.5 Å². The fraction of sp³-hybridized carbons (Fsp3) is 0.391. The Morgan fingerprint density at radius 3 is 2.68 bits per heavy atom. The number of thioether (sulfide) groups is 1. The van der Waals surface area contributed by atoms with Gasteiger partial charge in [0.1, 0.15) is 11.1 Å². The first-order valence-corrected chi connectivity index (χ1v) is 12.1. The normalized spacial score (nSPS) is 14.4. The van der Waals surface area contributed by atoms with Crippen LogP contribution in [0, 0.1) is 25.2 Å². The van der Waals surface area contributed by atoms with Gasteiger partial charge in [-0.1, -0.05) is 35.4 Å². The van der Waals surface area contributed by atoms with Crippen molar-refractivity contribution in [2.45, 2.75) is 63.3 Å². The van der Waals surface area contributed by atoms with E-state index in [0.29, 0.717) is 21.7 Å². The third-order valence-corrected chi connectivity index (χ3v) is 7.43. The number of nitrogens with zero attached hydrogens (tertiary/aromatic N) is 3. The molecule has 8 heteroatoms. The van der Waals surface area contributed by atoms with Crippen LogP contribution in [-0.2, 0) is 17.6 Å². The highest BCUT2D eigenvalue weighted by molar-refractivity contribution is 8.00. The molecule has 0 aliphatic heterocycles. The number of anilines is 1. The van der Waals surface area contributed by atoms with Gasteiger partial charge in [-0.2, -0.15) is 5.26 Å². The summed E-state index contributed by atoms with van der Waals surface area (Å²) in [5.74, 6) is 0.264. The summed E-state index contributed by atoms with van der Waals surface area (Å²) in [4.78, 5) is 14.0. The van der Waals surface area contributed by atoms with Gasteiger partial charge in [0.25, 0.3) is 5.22 Å². The molecular weight excluding hydrogens is 428 g/mol. The standard InChI is InChI=1S/C23H24N4O2S2/c1-13-9-14(2)11-16(10-13)21-26-27-23(29-21)30-15(3)20(28)25-22-18(12-24)17-7-5-4-6-8-19(17)31-22/h9-11,15H,4-8H2,1-3H3,(H,25,28). The SMILES string of the molecule is Cc1cc(C)cc(-c2nnc(SC(C)C(=O)Nc3sc4c(c3C#N)CCCCC4)o2)c1. The number of rotatable bonds is 5. The molecule has 1 aromatic carbocycles. The molecule has 1 unspecified atom stereocenters. The second-order valence-electron chi connectivity index (χ2n) is 7.88. The predicted molar refractivity (Wildman–Crippen MR) is 123 cm³/mol. The van der Waals surface area contributed by atoms with Crippen molar-refractivity contribution in [1.29, 1.82) is 5.26 Å². The Labute approximate surface area is 190 Å². The average Bonchev–Trinajstić information content (AvgIpc) is 3.24. The Kier molecular flexibility index (Phi) is 6.44. The topological polar surface area (TPSA) is 91.8 Å². The number of nitrogens with one attached hydrogen (secondary N) is 1. The molecular formula is C23H24N4O2S2. The minimum absolute atomic E-state index is 0.177. The third kappa shape index (κ3) is 4.83. The summed E-state index contributed by atoms with van der Waals surface area (Å²) >= 11 is 2.76. The molecule has 0 bridgehead atoms. The van der Waals surface area contributed by atoms with Gasteiger partial charge in [-0.25, -0.2) is 0 Å². The van der Waals surface area contributed by atoms with E-state index in [0.717, 1.165) is 47.9 Å². The van der Waals surface area contributed by atoms with Gasteiger partial charge in [-0.15, -0.1) is 21.5 Å². The number of thiophene rings is 1. The summed E-state index contributed by atoms with van der Waals surface area (Å²) in [7, 11) is 0. The number of amides is 1. The summed E-state index contributed by atoms with van der Waals surface area (Å²) in [6.07, 6.45) is 5.32. The lowest BCUT2D eigenvalue weighted by molar-refractivity contribution is -0.115. The molecule has 2 aromatic heterocycles. The van der Waals surface area contributed by atoms with E-state index in [9.17, 15) is 10.1 Å². The van der Waals surface area contributed by atoms with Crippen molar-refractivity contribution < 1.29 is 9.21 Å². The Morgan fingerprint density at radius 2 is 1.94 bits per heavy atom. The average molecular weight is 453 g/mol. The lowest BCUT2D eigenvalue weighted by atomic mass is 10.1. The van der Waals surface area contributed by atoms with Gasteiger partial charge in [-0.05, 0) is 64.2 Å². The molecule has 1 atom stereocenters. The fourth-order valence-corrected chi connectivity index (χ4v) is 5.77. The molecule has 1 aliphatic carbocycles. The first-order valence-electron chi connectivity index (χ1n) is 10.4. The van der Waals surface area contributed by atoms with E-state index in [1.165, 1.54) is 23.1 Å². The van der Waals surface area contributed by atoms with E-state index >= 15 is 0 Å². The highest BCUT2D eigenvalue weighted by Crippen LogP contribution is 2.37. The van der Waals surface area contributed by atoms with Crippen LogP contribution in [0.2, 0.25) is 0 Å². The van der Waals surface area contributed by atoms with Crippen LogP contribution < -0.4 is 5.32 Å². The van der Waals surface area contributed by atoms with E-state index in [4.69, 9.17) is 4.42 Å². The second-order valence-corrected chi connectivity index (χ2v) is 10.3. The molecule has 0 saturated carbocycles. The number of hydrogen-bond acceptors (Lipinski definition) is 7. The highest BCUT2D eigenvalue weighted by Gasteiger charge is 2.24. The zero-order valence-electron chi connectivity index (χ0n) is 17.8. The number of fused-ring (bicyclic) bond motifs is 1. The Morgan fingerprint density at radius 1 is 1.19 bits per heavy atom. The molecule has 0 radical (unpaired) electrons. The number of benzene rings is 1.